The number of aromatic carboxylic acids is 1. The molecule has 0 heterocycles. The van der Waals surface area contributed by atoms with Gasteiger partial charge in [-0.3, -0.25) is 4.79 Å². The molecule has 0 aliphatic rings. The number of hydrogen-bond donors (Lipinski definition) is 3. The van der Waals surface area contributed by atoms with Crippen molar-refractivity contribution >= 4 is 23.3 Å². The highest BCUT2D eigenvalue weighted by molar-refractivity contribution is 5.91. The van der Waals surface area contributed by atoms with Gasteiger partial charge in [-0.25, -0.2) is 4.79 Å². The van der Waals surface area contributed by atoms with Crippen LogP contribution in [0.4, 0.5) is 11.4 Å². The maximum Gasteiger partial charge on any atom is 0.335 e. The lowest BCUT2D eigenvalue weighted by Crippen LogP contribution is -2.45. The van der Waals surface area contributed by atoms with E-state index in [1.807, 2.05) is 13.8 Å². The molecule has 20 heavy (non-hydrogen) atoms. The van der Waals surface area contributed by atoms with Gasteiger partial charge in [0.05, 0.1) is 16.9 Å². The summed E-state index contributed by atoms with van der Waals surface area (Å²) in [6, 6.07) is 4.12. The van der Waals surface area contributed by atoms with Gasteiger partial charge in [0.1, 0.15) is 6.04 Å². The van der Waals surface area contributed by atoms with Gasteiger partial charge >= 0.3 is 5.97 Å². The largest absolute Gasteiger partial charge is 0.478 e. The topological polar surface area (TPSA) is 95.7 Å². The standard InChI is InChI=1S/C14H21N3O3/c1-8(2)16-13(18)9(3)17(4)12-6-5-10(14(19)20)7-11(12)15/h5-9H,15H2,1-4H3,(H,16,18)(H,19,20). The molecule has 1 unspecified atom stereocenters. The van der Waals surface area contributed by atoms with Crippen LogP contribution in [0.3, 0.4) is 0 Å². The number of nitrogens with two attached hydrogens (primary N) is 1. The summed E-state index contributed by atoms with van der Waals surface area (Å²) in [5, 5.41) is 11.7. The van der Waals surface area contributed by atoms with Crippen LogP contribution >= 0.6 is 0 Å². The van der Waals surface area contributed by atoms with Crippen LogP contribution in [0.2, 0.25) is 0 Å². The van der Waals surface area contributed by atoms with Crippen molar-refractivity contribution in [1.29, 1.82) is 0 Å². The molecule has 0 saturated heterocycles. The van der Waals surface area contributed by atoms with Crippen LogP contribution in [0.1, 0.15) is 31.1 Å². The second-order valence-corrected chi connectivity index (χ2v) is 5.03. The van der Waals surface area contributed by atoms with Crippen LogP contribution in [0.25, 0.3) is 0 Å². The van der Waals surface area contributed by atoms with E-state index < -0.39 is 12.0 Å². The number of nitrogens with one attached hydrogen (secondary N) is 1. The lowest BCUT2D eigenvalue weighted by molar-refractivity contribution is -0.122. The quantitative estimate of drug-likeness (QED) is 0.706. The van der Waals surface area contributed by atoms with Crippen LogP contribution in [0, 0.1) is 0 Å². The third-order valence-electron chi connectivity index (χ3n) is 3.05. The Morgan fingerprint density at radius 2 is 1.90 bits per heavy atom. The van der Waals surface area contributed by atoms with Gasteiger partial charge in [0.25, 0.3) is 0 Å². The fourth-order valence-electron chi connectivity index (χ4n) is 1.80. The van der Waals surface area contributed by atoms with Crippen LogP contribution in [-0.2, 0) is 4.79 Å². The van der Waals surface area contributed by atoms with Crippen molar-refractivity contribution in [2.45, 2.75) is 32.9 Å². The molecule has 0 aliphatic heterocycles. The maximum absolute atomic E-state index is 12.0. The van der Waals surface area contributed by atoms with Crippen molar-refractivity contribution in [3.63, 3.8) is 0 Å². The number of nitrogens with zero attached hydrogens (tertiary/aromatic N) is 1. The van der Waals surface area contributed by atoms with Crippen molar-refractivity contribution in [3.05, 3.63) is 23.8 Å². The van der Waals surface area contributed by atoms with Crippen LogP contribution < -0.4 is 16.0 Å². The number of amides is 1. The molecule has 0 aromatic heterocycles. The van der Waals surface area contributed by atoms with E-state index in [2.05, 4.69) is 5.32 Å². The number of anilines is 2. The molecule has 1 amide bonds. The van der Waals surface area contributed by atoms with Gasteiger partial charge in [0.2, 0.25) is 5.91 Å². The van der Waals surface area contributed by atoms with E-state index in [1.54, 1.807) is 24.9 Å². The fourth-order valence-corrected chi connectivity index (χ4v) is 1.80. The minimum Gasteiger partial charge on any atom is -0.478 e. The van der Waals surface area contributed by atoms with Crippen molar-refractivity contribution in [2.24, 2.45) is 0 Å². The number of carboxylic acid groups (broad SMARTS) is 1. The smallest absolute Gasteiger partial charge is 0.335 e. The Kier molecular flexibility index (Phi) is 4.96. The normalized spacial score (nSPS) is 12.1. The van der Waals surface area contributed by atoms with Crippen LogP contribution in [0.15, 0.2) is 18.2 Å². The van der Waals surface area contributed by atoms with Crippen molar-refractivity contribution in [2.75, 3.05) is 17.7 Å². The number of hydrogen-bond acceptors (Lipinski definition) is 4. The highest BCUT2D eigenvalue weighted by Crippen LogP contribution is 2.25. The lowest BCUT2D eigenvalue weighted by atomic mass is 10.1. The molecule has 0 spiro atoms. The van der Waals surface area contributed by atoms with Crippen molar-refractivity contribution in [1.82, 2.24) is 5.32 Å². The number of carbonyl (C=O) groups is 2. The van der Waals surface area contributed by atoms with E-state index in [0.717, 1.165) is 0 Å². The zero-order chi connectivity index (χ0) is 15.4. The summed E-state index contributed by atoms with van der Waals surface area (Å²) in [6.07, 6.45) is 0. The molecule has 0 fully saturated rings. The Bertz CT molecular complexity index is 514. The zero-order valence-electron chi connectivity index (χ0n) is 12.2. The molecular weight excluding hydrogens is 258 g/mol. The summed E-state index contributed by atoms with van der Waals surface area (Å²) in [6.45, 7) is 5.55. The average Bonchev–Trinajstić information content (AvgIpc) is 2.35. The highest BCUT2D eigenvalue weighted by Gasteiger charge is 2.20. The Morgan fingerprint density at radius 3 is 2.35 bits per heavy atom. The second-order valence-electron chi connectivity index (χ2n) is 5.03. The molecule has 1 aromatic rings. The minimum absolute atomic E-state index is 0.0603. The van der Waals surface area contributed by atoms with Gasteiger partial charge in [-0.05, 0) is 39.0 Å². The van der Waals surface area contributed by atoms with Crippen LogP contribution in [-0.4, -0.2) is 36.1 Å². The summed E-state index contributed by atoms with van der Waals surface area (Å²) in [4.78, 5) is 24.6. The fraction of sp³-hybridized carbons (Fsp3) is 0.429. The lowest BCUT2D eigenvalue weighted by Gasteiger charge is -2.28. The third kappa shape index (κ3) is 3.63. The Balaban J connectivity index is 2.94. The zero-order valence-corrected chi connectivity index (χ0v) is 12.2. The minimum atomic E-state index is -1.03. The van der Waals surface area contributed by atoms with Gasteiger partial charge < -0.3 is 21.1 Å². The second kappa shape index (κ2) is 6.27. The highest BCUT2D eigenvalue weighted by atomic mass is 16.4. The van der Waals surface area contributed by atoms with Crippen molar-refractivity contribution < 1.29 is 14.7 Å². The first-order valence-electron chi connectivity index (χ1n) is 6.40. The Hall–Kier alpha value is -2.24. The predicted molar refractivity (Wildman–Crippen MR) is 79.0 cm³/mol. The molecule has 1 aromatic carbocycles. The number of rotatable bonds is 5. The van der Waals surface area contributed by atoms with Gasteiger partial charge in [0, 0.05) is 13.1 Å². The van der Waals surface area contributed by atoms with Gasteiger partial charge in [-0.2, -0.15) is 0 Å². The monoisotopic (exact) mass is 279 g/mol. The predicted octanol–water partition coefficient (Wildman–Crippen LogP) is 1.32. The summed E-state index contributed by atoms with van der Waals surface area (Å²) < 4.78 is 0. The van der Waals surface area contributed by atoms with E-state index in [0.29, 0.717) is 11.4 Å². The Morgan fingerprint density at radius 1 is 1.30 bits per heavy atom. The average molecular weight is 279 g/mol. The van der Waals surface area contributed by atoms with E-state index in [1.165, 1.54) is 12.1 Å². The summed E-state index contributed by atoms with van der Waals surface area (Å²) in [5.74, 6) is -1.14. The first kappa shape index (κ1) is 15.8. The van der Waals surface area contributed by atoms with Crippen LogP contribution in [0.5, 0.6) is 0 Å². The van der Waals surface area contributed by atoms with E-state index >= 15 is 0 Å². The number of carboxylic acids is 1. The van der Waals surface area contributed by atoms with E-state index in [-0.39, 0.29) is 17.5 Å². The number of nitrogen functional groups attached to an aromatic ring is 1. The van der Waals surface area contributed by atoms with Gasteiger partial charge in [-0.15, -0.1) is 0 Å². The third-order valence-corrected chi connectivity index (χ3v) is 3.05. The summed E-state index contributed by atoms with van der Waals surface area (Å²) >= 11 is 0. The molecular formula is C14H21N3O3. The molecule has 0 aliphatic carbocycles. The van der Waals surface area contributed by atoms with Gasteiger partial charge in [0.15, 0.2) is 0 Å². The van der Waals surface area contributed by atoms with E-state index in [9.17, 15) is 9.59 Å². The number of benzene rings is 1. The van der Waals surface area contributed by atoms with Gasteiger partial charge in [-0.1, -0.05) is 0 Å². The first-order valence-corrected chi connectivity index (χ1v) is 6.40. The molecule has 0 radical (unpaired) electrons. The first-order chi connectivity index (χ1) is 9.23. The molecule has 4 N–H and O–H groups in total. The molecule has 0 bridgehead atoms. The summed E-state index contributed by atoms with van der Waals surface area (Å²) in [7, 11) is 1.75. The van der Waals surface area contributed by atoms with E-state index in [4.69, 9.17) is 10.8 Å². The number of carbonyl (C=O) groups excluding carboxylic acids is 1. The maximum atomic E-state index is 12.0. The number of likely N-dealkylation sites (N-methyl/N-ethyl adjacent to an activating group) is 1. The Labute approximate surface area is 118 Å². The molecule has 110 valence electrons. The summed E-state index contributed by atoms with van der Waals surface area (Å²) in [5.41, 5.74) is 6.94. The SMILES string of the molecule is CC(C)NC(=O)C(C)N(C)c1ccc(C(=O)O)cc1N. The molecule has 6 heteroatoms. The molecule has 1 atom stereocenters. The molecule has 1 rings (SSSR count). The molecule has 0 saturated carbocycles. The molecule has 6 nitrogen and oxygen atoms in total. The van der Waals surface area contributed by atoms with Crippen molar-refractivity contribution in [3.8, 4) is 0 Å².